The second-order valence-corrected chi connectivity index (χ2v) is 6.69. The third-order valence-corrected chi connectivity index (χ3v) is 5.31. The first kappa shape index (κ1) is 14.5. The van der Waals surface area contributed by atoms with Crippen LogP contribution in [0.15, 0.2) is 40.9 Å². The van der Waals surface area contributed by atoms with Crippen molar-refractivity contribution < 1.29 is 4.79 Å². The lowest BCUT2D eigenvalue weighted by Crippen LogP contribution is -2.50. The molecule has 21 heavy (non-hydrogen) atoms. The highest BCUT2D eigenvalue weighted by atomic mass is 79.9. The fourth-order valence-electron chi connectivity index (χ4n) is 2.73. The molecule has 0 heterocycles. The van der Waals surface area contributed by atoms with Gasteiger partial charge in [-0.2, -0.15) is 0 Å². The van der Waals surface area contributed by atoms with Crippen LogP contribution < -0.4 is 11.1 Å². The highest BCUT2D eigenvalue weighted by molar-refractivity contribution is 9.10. The SMILES string of the molecule is NC(=S)C1(C(=O)Nc2ccc(Br)c3ccccc23)CCC1. The lowest BCUT2D eigenvalue weighted by atomic mass is 9.68. The zero-order chi connectivity index (χ0) is 15.0. The van der Waals surface area contributed by atoms with Gasteiger partial charge in [0, 0.05) is 15.5 Å². The summed E-state index contributed by atoms with van der Waals surface area (Å²) in [4.78, 5) is 12.9. The molecule has 0 unspecified atom stereocenters. The van der Waals surface area contributed by atoms with Gasteiger partial charge in [-0.3, -0.25) is 4.79 Å². The summed E-state index contributed by atoms with van der Waals surface area (Å²) in [5.74, 6) is -0.0891. The summed E-state index contributed by atoms with van der Waals surface area (Å²) in [5, 5.41) is 5.07. The molecule has 3 N–H and O–H groups in total. The molecule has 0 radical (unpaired) electrons. The Kier molecular flexibility index (Phi) is 3.71. The second-order valence-electron chi connectivity index (χ2n) is 5.39. The Morgan fingerprint density at radius 1 is 1.19 bits per heavy atom. The summed E-state index contributed by atoms with van der Waals surface area (Å²) in [7, 11) is 0. The zero-order valence-electron chi connectivity index (χ0n) is 11.4. The molecule has 0 atom stereocenters. The summed E-state index contributed by atoms with van der Waals surface area (Å²) in [6, 6.07) is 11.8. The Morgan fingerprint density at radius 2 is 1.86 bits per heavy atom. The van der Waals surface area contributed by atoms with Crippen LogP contribution in [0.1, 0.15) is 19.3 Å². The Balaban J connectivity index is 1.97. The van der Waals surface area contributed by atoms with E-state index in [-0.39, 0.29) is 5.91 Å². The Bertz CT molecular complexity index is 740. The van der Waals surface area contributed by atoms with Gasteiger partial charge in [0.25, 0.3) is 0 Å². The molecule has 0 aromatic heterocycles. The van der Waals surface area contributed by atoms with Gasteiger partial charge in [0.15, 0.2) is 0 Å². The van der Waals surface area contributed by atoms with Gasteiger partial charge < -0.3 is 11.1 Å². The van der Waals surface area contributed by atoms with Crippen molar-refractivity contribution in [2.75, 3.05) is 5.32 Å². The number of rotatable bonds is 3. The van der Waals surface area contributed by atoms with Gasteiger partial charge in [-0.25, -0.2) is 0 Å². The second kappa shape index (κ2) is 5.39. The van der Waals surface area contributed by atoms with E-state index in [4.69, 9.17) is 18.0 Å². The first-order valence-electron chi connectivity index (χ1n) is 6.83. The highest BCUT2D eigenvalue weighted by Crippen LogP contribution is 2.42. The molecule has 108 valence electrons. The number of halogens is 1. The summed E-state index contributed by atoms with van der Waals surface area (Å²) < 4.78 is 1.00. The molecule has 0 spiro atoms. The molecule has 2 aromatic carbocycles. The zero-order valence-corrected chi connectivity index (χ0v) is 13.8. The van der Waals surface area contributed by atoms with Crippen molar-refractivity contribution in [2.45, 2.75) is 19.3 Å². The molecular formula is C16H15BrN2OS. The van der Waals surface area contributed by atoms with E-state index in [1.54, 1.807) is 0 Å². The van der Waals surface area contributed by atoms with Gasteiger partial charge in [0.2, 0.25) is 5.91 Å². The van der Waals surface area contributed by atoms with Crippen molar-refractivity contribution in [1.29, 1.82) is 0 Å². The number of carbonyl (C=O) groups is 1. The summed E-state index contributed by atoms with van der Waals surface area (Å²) in [5.41, 5.74) is 5.92. The molecule has 5 heteroatoms. The normalized spacial score (nSPS) is 16.2. The maximum Gasteiger partial charge on any atom is 0.237 e. The number of carbonyl (C=O) groups excluding carboxylic acids is 1. The van der Waals surface area contributed by atoms with Gasteiger partial charge in [0.1, 0.15) is 0 Å². The molecule has 3 nitrogen and oxygen atoms in total. The minimum atomic E-state index is -0.663. The number of nitrogens with two attached hydrogens (primary N) is 1. The monoisotopic (exact) mass is 362 g/mol. The van der Waals surface area contributed by atoms with Crippen molar-refractivity contribution in [3.8, 4) is 0 Å². The van der Waals surface area contributed by atoms with Gasteiger partial charge in [-0.1, -0.05) is 58.8 Å². The van der Waals surface area contributed by atoms with E-state index >= 15 is 0 Å². The molecule has 0 bridgehead atoms. The average Bonchev–Trinajstić information content (AvgIpc) is 2.40. The molecule has 0 saturated heterocycles. The van der Waals surface area contributed by atoms with Gasteiger partial charge >= 0.3 is 0 Å². The number of fused-ring (bicyclic) bond motifs is 1. The third kappa shape index (κ3) is 2.34. The van der Waals surface area contributed by atoms with E-state index in [0.717, 1.165) is 40.2 Å². The molecule has 3 rings (SSSR count). The van der Waals surface area contributed by atoms with E-state index < -0.39 is 5.41 Å². The molecule has 1 saturated carbocycles. The maximum atomic E-state index is 12.6. The van der Waals surface area contributed by atoms with E-state index in [1.807, 2.05) is 36.4 Å². The van der Waals surface area contributed by atoms with E-state index in [1.165, 1.54) is 0 Å². The van der Waals surface area contributed by atoms with Crippen LogP contribution in [-0.2, 0) is 4.79 Å². The van der Waals surface area contributed by atoms with E-state index in [2.05, 4.69) is 21.2 Å². The van der Waals surface area contributed by atoms with Crippen LogP contribution in [0.25, 0.3) is 10.8 Å². The van der Waals surface area contributed by atoms with Crippen LogP contribution >= 0.6 is 28.1 Å². The Morgan fingerprint density at radius 3 is 2.43 bits per heavy atom. The van der Waals surface area contributed by atoms with Crippen molar-refractivity contribution in [3.05, 3.63) is 40.9 Å². The van der Waals surface area contributed by atoms with Crippen LogP contribution in [-0.4, -0.2) is 10.9 Å². The first-order valence-corrected chi connectivity index (χ1v) is 8.03. The van der Waals surface area contributed by atoms with Gasteiger partial charge in [-0.05, 0) is 30.4 Å². The van der Waals surface area contributed by atoms with Crippen molar-refractivity contribution >= 4 is 55.5 Å². The summed E-state index contributed by atoms with van der Waals surface area (Å²) in [6.45, 7) is 0. The number of thiocarbonyl (C=S) groups is 1. The van der Waals surface area contributed by atoms with Crippen LogP contribution in [0.2, 0.25) is 0 Å². The summed E-state index contributed by atoms with van der Waals surface area (Å²) in [6.07, 6.45) is 2.47. The molecule has 1 aliphatic rings. The average molecular weight is 363 g/mol. The maximum absolute atomic E-state index is 12.6. The summed E-state index contributed by atoms with van der Waals surface area (Å²) >= 11 is 8.63. The largest absolute Gasteiger partial charge is 0.392 e. The Labute approximate surface area is 137 Å². The van der Waals surface area contributed by atoms with Gasteiger partial charge in [-0.15, -0.1) is 0 Å². The predicted molar refractivity (Wildman–Crippen MR) is 93.3 cm³/mol. The minimum absolute atomic E-state index is 0.0891. The minimum Gasteiger partial charge on any atom is -0.392 e. The number of hydrogen-bond donors (Lipinski definition) is 2. The first-order chi connectivity index (χ1) is 10.0. The molecule has 1 fully saturated rings. The van der Waals surface area contributed by atoms with Crippen molar-refractivity contribution in [1.82, 2.24) is 0 Å². The number of hydrogen-bond acceptors (Lipinski definition) is 2. The molecule has 1 amide bonds. The van der Waals surface area contributed by atoms with Crippen LogP contribution in [0.4, 0.5) is 5.69 Å². The van der Waals surface area contributed by atoms with Crippen LogP contribution in [0.3, 0.4) is 0 Å². The fraction of sp³-hybridized carbons (Fsp3) is 0.250. The lowest BCUT2D eigenvalue weighted by Gasteiger charge is -2.39. The lowest BCUT2D eigenvalue weighted by molar-refractivity contribution is -0.125. The molecule has 2 aromatic rings. The quantitative estimate of drug-likeness (QED) is 0.811. The Hall–Kier alpha value is -1.46. The number of anilines is 1. The van der Waals surface area contributed by atoms with Crippen molar-refractivity contribution in [2.24, 2.45) is 11.1 Å². The molecule has 1 aliphatic carbocycles. The number of nitrogens with one attached hydrogen (secondary N) is 1. The topological polar surface area (TPSA) is 55.1 Å². The standard InChI is InChI=1S/C16H15BrN2OS/c17-12-6-7-13(11-5-2-1-4-10(11)12)19-15(20)16(14(18)21)8-3-9-16/h1-2,4-7H,3,8-9H2,(H2,18,21)(H,19,20). The third-order valence-electron chi connectivity index (χ3n) is 4.23. The van der Waals surface area contributed by atoms with Gasteiger partial charge in [0.05, 0.1) is 10.4 Å². The smallest absolute Gasteiger partial charge is 0.237 e. The number of amides is 1. The fourth-order valence-corrected chi connectivity index (χ4v) is 3.50. The van der Waals surface area contributed by atoms with Crippen LogP contribution in [0, 0.1) is 5.41 Å². The molecular weight excluding hydrogens is 348 g/mol. The van der Waals surface area contributed by atoms with E-state index in [0.29, 0.717) is 4.99 Å². The predicted octanol–water partition coefficient (Wildman–Crippen LogP) is 4.00. The highest BCUT2D eigenvalue weighted by Gasteiger charge is 2.47. The van der Waals surface area contributed by atoms with Crippen LogP contribution in [0.5, 0.6) is 0 Å². The van der Waals surface area contributed by atoms with E-state index in [9.17, 15) is 4.79 Å². The number of benzene rings is 2. The van der Waals surface area contributed by atoms with Crippen molar-refractivity contribution in [3.63, 3.8) is 0 Å². The molecule has 0 aliphatic heterocycles.